The average Bonchev–Trinajstić information content (AvgIpc) is 3.06. The van der Waals surface area contributed by atoms with Crippen molar-refractivity contribution in [1.29, 1.82) is 0 Å². The Hall–Kier alpha value is -5.20. The zero-order valence-electron chi connectivity index (χ0n) is 25.4. The van der Waals surface area contributed by atoms with Crippen molar-refractivity contribution in [2.75, 3.05) is 0 Å². The zero-order chi connectivity index (χ0) is 29.8. The van der Waals surface area contributed by atoms with Crippen LogP contribution in [0.2, 0.25) is 0 Å². The maximum Gasteiger partial charge on any atom is -0.00199 e. The molecule has 0 saturated heterocycles. The second-order valence-electron chi connectivity index (χ2n) is 12.9. The molecule has 0 spiro atoms. The molecule has 0 saturated carbocycles. The first kappa shape index (κ1) is 26.4. The standard InChI is InChI=1S/C44H34/c1-44(2,3)41-25-13-22-34-35(41)23-12-24-36(34)43-38-20-10-9-19-37(38)42(30-15-5-4-6-16-30)39-27-26-31(28-40(39)43)33-21-11-17-29-14-7-8-18-32(29)33/h4-28H,1-3H3. The fourth-order valence-corrected chi connectivity index (χ4v) is 7.21. The van der Waals surface area contributed by atoms with Crippen molar-refractivity contribution in [3.05, 3.63) is 157 Å². The van der Waals surface area contributed by atoms with Gasteiger partial charge in [0.1, 0.15) is 0 Å². The highest BCUT2D eigenvalue weighted by atomic mass is 14.2. The third kappa shape index (κ3) is 4.21. The SMILES string of the molecule is CC(C)(C)c1cccc2c(-c3c4ccccc4c(-c4ccccc4)c4ccc(-c5cccc6ccccc56)cc34)cccc12. The van der Waals surface area contributed by atoms with Gasteiger partial charge in [0.15, 0.2) is 0 Å². The molecule has 0 aliphatic heterocycles. The Kier molecular flexibility index (Phi) is 6.13. The molecule has 210 valence electrons. The molecule has 8 aromatic carbocycles. The van der Waals surface area contributed by atoms with E-state index in [1.54, 1.807) is 0 Å². The van der Waals surface area contributed by atoms with Crippen molar-refractivity contribution in [2.24, 2.45) is 0 Å². The van der Waals surface area contributed by atoms with Crippen LogP contribution < -0.4 is 0 Å². The minimum absolute atomic E-state index is 0.0426. The molecule has 0 heterocycles. The molecule has 0 aromatic heterocycles. The second kappa shape index (κ2) is 10.2. The molecule has 0 aliphatic rings. The van der Waals surface area contributed by atoms with E-state index in [0.29, 0.717) is 0 Å². The molecule has 0 N–H and O–H groups in total. The minimum atomic E-state index is 0.0426. The summed E-state index contributed by atoms with van der Waals surface area (Å²) in [7, 11) is 0. The van der Waals surface area contributed by atoms with Gasteiger partial charge in [0.05, 0.1) is 0 Å². The predicted octanol–water partition coefficient (Wildman–Crippen LogP) is 12.6. The van der Waals surface area contributed by atoms with Crippen LogP contribution in [0.5, 0.6) is 0 Å². The van der Waals surface area contributed by atoms with E-state index in [1.165, 1.54) is 82.0 Å². The van der Waals surface area contributed by atoms with Gasteiger partial charge in [0, 0.05) is 0 Å². The van der Waals surface area contributed by atoms with E-state index in [-0.39, 0.29) is 5.41 Å². The molecule has 0 amide bonds. The lowest BCUT2D eigenvalue weighted by atomic mass is 9.80. The Morgan fingerprint density at radius 2 is 0.909 bits per heavy atom. The summed E-state index contributed by atoms with van der Waals surface area (Å²) in [6, 6.07) is 56.0. The molecule has 0 heteroatoms. The first-order chi connectivity index (χ1) is 21.5. The molecule has 44 heavy (non-hydrogen) atoms. The molecule has 8 rings (SSSR count). The summed E-state index contributed by atoms with van der Waals surface area (Å²) < 4.78 is 0. The Balaban J connectivity index is 1.55. The molecule has 0 bridgehead atoms. The van der Waals surface area contributed by atoms with E-state index in [1.807, 2.05) is 0 Å². The van der Waals surface area contributed by atoms with Gasteiger partial charge in [-0.05, 0) is 93.5 Å². The summed E-state index contributed by atoms with van der Waals surface area (Å²) in [4.78, 5) is 0. The largest absolute Gasteiger partial charge is 0.0622 e. The van der Waals surface area contributed by atoms with Crippen LogP contribution in [0.25, 0.3) is 76.5 Å². The topological polar surface area (TPSA) is 0 Å². The third-order valence-electron chi connectivity index (χ3n) is 9.19. The Labute approximate surface area is 259 Å². The molecule has 0 unspecified atom stereocenters. The van der Waals surface area contributed by atoms with Gasteiger partial charge in [0.2, 0.25) is 0 Å². The average molecular weight is 563 g/mol. The van der Waals surface area contributed by atoms with Gasteiger partial charge < -0.3 is 0 Å². The van der Waals surface area contributed by atoms with Gasteiger partial charge in [-0.3, -0.25) is 0 Å². The Morgan fingerprint density at radius 3 is 1.70 bits per heavy atom. The lowest BCUT2D eigenvalue weighted by Gasteiger charge is -2.23. The quantitative estimate of drug-likeness (QED) is 0.188. The summed E-state index contributed by atoms with van der Waals surface area (Å²) in [5.41, 5.74) is 9.03. The highest BCUT2D eigenvalue weighted by molar-refractivity contribution is 6.24. The van der Waals surface area contributed by atoms with Crippen LogP contribution >= 0.6 is 0 Å². The summed E-state index contributed by atoms with van der Waals surface area (Å²) in [5, 5.41) is 10.3. The van der Waals surface area contributed by atoms with E-state index < -0.39 is 0 Å². The van der Waals surface area contributed by atoms with Gasteiger partial charge >= 0.3 is 0 Å². The number of hydrogen-bond donors (Lipinski definition) is 0. The maximum absolute atomic E-state index is 2.44. The van der Waals surface area contributed by atoms with Gasteiger partial charge in [-0.15, -0.1) is 0 Å². The molecule has 0 radical (unpaired) electrons. The molecule has 0 atom stereocenters. The molecule has 8 aromatic rings. The van der Waals surface area contributed by atoms with E-state index in [4.69, 9.17) is 0 Å². The van der Waals surface area contributed by atoms with Crippen molar-refractivity contribution < 1.29 is 0 Å². The van der Waals surface area contributed by atoms with Crippen LogP contribution in [0.4, 0.5) is 0 Å². The fourth-order valence-electron chi connectivity index (χ4n) is 7.21. The van der Waals surface area contributed by atoms with Crippen molar-refractivity contribution >= 4 is 43.1 Å². The predicted molar refractivity (Wildman–Crippen MR) is 191 cm³/mol. The van der Waals surface area contributed by atoms with E-state index in [2.05, 4.69) is 172 Å². The Morgan fingerprint density at radius 1 is 0.341 bits per heavy atom. The number of hydrogen-bond acceptors (Lipinski definition) is 0. The summed E-state index contributed by atoms with van der Waals surface area (Å²) in [5.74, 6) is 0. The van der Waals surface area contributed by atoms with Gasteiger partial charge in [-0.25, -0.2) is 0 Å². The van der Waals surface area contributed by atoms with Gasteiger partial charge in [-0.1, -0.05) is 166 Å². The third-order valence-corrected chi connectivity index (χ3v) is 9.19. The highest BCUT2D eigenvalue weighted by Crippen LogP contribution is 2.47. The van der Waals surface area contributed by atoms with Crippen molar-refractivity contribution in [3.63, 3.8) is 0 Å². The van der Waals surface area contributed by atoms with Gasteiger partial charge in [0.25, 0.3) is 0 Å². The van der Waals surface area contributed by atoms with Crippen LogP contribution in [-0.4, -0.2) is 0 Å². The molecular weight excluding hydrogens is 528 g/mol. The normalized spacial score (nSPS) is 12.0. The zero-order valence-corrected chi connectivity index (χ0v) is 25.4. The van der Waals surface area contributed by atoms with Gasteiger partial charge in [-0.2, -0.15) is 0 Å². The summed E-state index contributed by atoms with van der Waals surface area (Å²) >= 11 is 0. The first-order valence-corrected chi connectivity index (χ1v) is 15.5. The number of benzene rings is 8. The smallest absolute Gasteiger partial charge is 0.00199 e. The van der Waals surface area contributed by atoms with Crippen LogP contribution in [0.3, 0.4) is 0 Å². The van der Waals surface area contributed by atoms with Crippen LogP contribution in [0, 0.1) is 0 Å². The monoisotopic (exact) mass is 562 g/mol. The number of rotatable bonds is 3. The summed E-state index contributed by atoms with van der Waals surface area (Å²) in [6.07, 6.45) is 0. The van der Waals surface area contributed by atoms with E-state index in [0.717, 1.165) is 0 Å². The first-order valence-electron chi connectivity index (χ1n) is 15.5. The molecule has 0 nitrogen and oxygen atoms in total. The summed E-state index contributed by atoms with van der Waals surface area (Å²) in [6.45, 7) is 6.93. The number of fused-ring (bicyclic) bond motifs is 4. The lowest BCUT2D eigenvalue weighted by molar-refractivity contribution is 0.596. The molecular formula is C44H34. The van der Waals surface area contributed by atoms with Crippen molar-refractivity contribution in [2.45, 2.75) is 26.2 Å². The highest BCUT2D eigenvalue weighted by Gasteiger charge is 2.21. The van der Waals surface area contributed by atoms with Crippen molar-refractivity contribution in [3.8, 4) is 33.4 Å². The molecule has 0 aliphatic carbocycles. The lowest BCUT2D eigenvalue weighted by Crippen LogP contribution is -2.11. The van der Waals surface area contributed by atoms with Crippen LogP contribution in [0.15, 0.2) is 152 Å². The Bertz CT molecular complexity index is 2340. The van der Waals surface area contributed by atoms with Crippen LogP contribution in [0.1, 0.15) is 26.3 Å². The van der Waals surface area contributed by atoms with Crippen LogP contribution in [-0.2, 0) is 5.41 Å². The van der Waals surface area contributed by atoms with E-state index in [9.17, 15) is 0 Å². The second-order valence-corrected chi connectivity index (χ2v) is 12.9. The fraction of sp³-hybridized carbons (Fsp3) is 0.0909. The maximum atomic E-state index is 2.44. The van der Waals surface area contributed by atoms with E-state index >= 15 is 0 Å². The molecule has 0 fully saturated rings. The minimum Gasteiger partial charge on any atom is -0.0622 e. The van der Waals surface area contributed by atoms with Crippen molar-refractivity contribution in [1.82, 2.24) is 0 Å².